The van der Waals surface area contributed by atoms with Crippen LogP contribution in [0.15, 0.2) is 36.1 Å². The third-order valence-electron chi connectivity index (χ3n) is 4.79. The summed E-state index contributed by atoms with van der Waals surface area (Å²) in [7, 11) is 0. The molecular weight excluding hydrogens is 346 g/mol. The zero-order chi connectivity index (χ0) is 19.2. The lowest BCUT2D eigenvalue weighted by molar-refractivity contribution is -0.171. The number of hydrogen-bond donors (Lipinski definition) is 3. The van der Waals surface area contributed by atoms with Crippen LogP contribution in [0.2, 0.25) is 0 Å². The molecule has 0 radical (unpaired) electrons. The normalized spacial score (nSPS) is 22.3. The van der Waals surface area contributed by atoms with Gasteiger partial charge in [-0.05, 0) is 43.9 Å². The minimum atomic E-state index is -0.478. The van der Waals surface area contributed by atoms with Crippen molar-refractivity contribution in [1.29, 1.82) is 0 Å². The fraction of sp³-hybridized carbons (Fsp3) is 0.500. The number of aliphatic hydroxyl groups excluding tert-OH is 1. The highest BCUT2D eigenvalue weighted by Gasteiger charge is 2.34. The maximum absolute atomic E-state index is 12.6. The van der Waals surface area contributed by atoms with E-state index in [0.29, 0.717) is 18.9 Å². The predicted molar refractivity (Wildman–Crippen MR) is 101 cm³/mol. The molecule has 1 aliphatic heterocycles. The first kappa shape index (κ1) is 19.4. The highest BCUT2D eigenvalue weighted by molar-refractivity contribution is 5.91. The molecule has 3 atom stereocenters. The molecule has 2 heterocycles. The summed E-state index contributed by atoms with van der Waals surface area (Å²) in [5.41, 5.74) is 1.80. The van der Waals surface area contributed by atoms with E-state index in [4.69, 9.17) is 14.6 Å². The molecule has 3 N–H and O–H groups in total. The second kappa shape index (κ2) is 9.01. The van der Waals surface area contributed by atoms with Crippen LogP contribution in [0.5, 0.6) is 0 Å². The average molecular weight is 373 g/mol. The maximum atomic E-state index is 12.6. The number of fused-ring (bicyclic) bond motifs is 1. The van der Waals surface area contributed by atoms with Crippen molar-refractivity contribution in [2.24, 2.45) is 11.8 Å². The second-order valence-corrected chi connectivity index (χ2v) is 6.74. The van der Waals surface area contributed by atoms with E-state index in [2.05, 4.69) is 15.3 Å². The summed E-state index contributed by atoms with van der Waals surface area (Å²) in [5, 5.41) is 11.9. The quantitative estimate of drug-likeness (QED) is 0.661. The molecule has 0 spiro atoms. The van der Waals surface area contributed by atoms with E-state index in [1.807, 2.05) is 44.2 Å². The monoisotopic (exact) mass is 373 g/mol. The van der Waals surface area contributed by atoms with Gasteiger partial charge in [-0.1, -0.05) is 19.1 Å². The van der Waals surface area contributed by atoms with Gasteiger partial charge in [-0.3, -0.25) is 4.79 Å². The summed E-state index contributed by atoms with van der Waals surface area (Å²) in [5.74, 6) is 0.916. The van der Waals surface area contributed by atoms with Crippen LogP contribution in [0.3, 0.4) is 0 Å². The van der Waals surface area contributed by atoms with Crippen molar-refractivity contribution in [3.05, 3.63) is 41.9 Å². The number of rotatable bonds is 8. The fourth-order valence-corrected chi connectivity index (χ4v) is 3.38. The molecule has 7 heteroatoms. The van der Waals surface area contributed by atoms with Gasteiger partial charge in [0.2, 0.25) is 6.29 Å². The molecule has 0 aliphatic carbocycles. The molecule has 0 unspecified atom stereocenters. The topological polar surface area (TPSA) is 96.5 Å². The molecule has 0 saturated carbocycles. The highest BCUT2D eigenvalue weighted by atomic mass is 16.7. The Balaban J connectivity index is 1.64. The predicted octanol–water partition coefficient (Wildman–Crippen LogP) is 2.48. The van der Waals surface area contributed by atoms with Crippen LogP contribution < -0.4 is 5.32 Å². The third kappa shape index (κ3) is 4.67. The van der Waals surface area contributed by atoms with Crippen LogP contribution in [-0.4, -0.2) is 40.5 Å². The van der Waals surface area contributed by atoms with E-state index in [0.717, 1.165) is 17.5 Å². The molecule has 27 heavy (non-hydrogen) atoms. The van der Waals surface area contributed by atoms with Crippen LogP contribution in [0, 0.1) is 11.8 Å². The molecule has 0 saturated heterocycles. The number of nitrogens with one attached hydrogen (secondary N) is 2. The number of allylic oxidation sites excluding steroid dienone is 1. The van der Waals surface area contributed by atoms with E-state index < -0.39 is 6.29 Å². The molecule has 2 aromatic rings. The Morgan fingerprint density at radius 3 is 2.96 bits per heavy atom. The summed E-state index contributed by atoms with van der Waals surface area (Å²) in [6.07, 6.45) is 2.83. The van der Waals surface area contributed by atoms with Crippen LogP contribution in [0.4, 0.5) is 0 Å². The molecule has 0 fully saturated rings. The largest absolute Gasteiger partial charge is 0.459 e. The second-order valence-electron chi connectivity index (χ2n) is 6.74. The number of H-pyrrole nitrogens is 1. The number of ether oxygens (including phenoxy) is 2. The van der Waals surface area contributed by atoms with Gasteiger partial charge in [0.15, 0.2) is 5.76 Å². The van der Waals surface area contributed by atoms with Crippen molar-refractivity contribution in [2.45, 2.75) is 39.5 Å². The molecule has 1 aromatic heterocycles. The van der Waals surface area contributed by atoms with Gasteiger partial charge < -0.3 is 24.9 Å². The van der Waals surface area contributed by atoms with Gasteiger partial charge in [0.1, 0.15) is 5.82 Å². The van der Waals surface area contributed by atoms with Crippen molar-refractivity contribution in [3.8, 4) is 0 Å². The lowest BCUT2D eigenvalue weighted by Crippen LogP contribution is -2.39. The Labute approximate surface area is 158 Å². The Kier molecular flexibility index (Phi) is 6.47. The summed E-state index contributed by atoms with van der Waals surface area (Å²) in [4.78, 5) is 20.2. The zero-order valence-electron chi connectivity index (χ0n) is 15.8. The number of aromatic amines is 1. The van der Waals surface area contributed by atoms with E-state index >= 15 is 0 Å². The van der Waals surface area contributed by atoms with E-state index in [1.165, 1.54) is 0 Å². The van der Waals surface area contributed by atoms with Crippen molar-refractivity contribution < 1.29 is 19.4 Å². The number of para-hydroxylation sites is 2. The van der Waals surface area contributed by atoms with Gasteiger partial charge in [0.05, 0.1) is 17.6 Å². The van der Waals surface area contributed by atoms with Crippen LogP contribution in [0.25, 0.3) is 11.0 Å². The van der Waals surface area contributed by atoms with Gasteiger partial charge in [-0.15, -0.1) is 0 Å². The summed E-state index contributed by atoms with van der Waals surface area (Å²) in [6, 6.07) is 7.73. The molecule has 1 aromatic carbocycles. The number of imidazole rings is 1. The van der Waals surface area contributed by atoms with E-state index in [1.54, 1.807) is 0 Å². The molecule has 1 aliphatic rings. The molecule has 7 nitrogen and oxygen atoms in total. The lowest BCUT2D eigenvalue weighted by Gasteiger charge is -2.35. The maximum Gasteiger partial charge on any atom is 0.286 e. The molecule has 0 bridgehead atoms. The molecular formula is C20H27N3O4. The van der Waals surface area contributed by atoms with Gasteiger partial charge in [0, 0.05) is 19.1 Å². The van der Waals surface area contributed by atoms with Crippen molar-refractivity contribution in [1.82, 2.24) is 15.3 Å². The SMILES string of the molecule is CCO[C@H]1OC(C(=O)NCc2nc3ccccc3[nH]2)=C[C@@H](C)[C@@H]1CCCO. The van der Waals surface area contributed by atoms with E-state index in [-0.39, 0.29) is 36.7 Å². The number of carbonyl (C=O) groups excluding carboxylic acids is 1. The summed E-state index contributed by atoms with van der Waals surface area (Å²) < 4.78 is 11.5. The number of nitrogens with zero attached hydrogens (tertiary/aromatic N) is 1. The standard InChI is InChI=1S/C20H27N3O4/c1-3-26-20-14(7-6-10-24)13(2)11-17(27-20)19(25)21-12-18-22-15-8-4-5-9-16(15)23-18/h4-5,8-9,11,13-14,20,24H,3,6-7,10,12H2,1-2H3,(H,21,25)(H,22,23)/t13-,14+,20+/m1/s1. The number of hydrogen-bond acceptors (Lipinski definition) is 5. The smallest absolute Gasteiger partial charge is 0.286 e. The zero-order valence-corrected chi connectivity index (χ0v) is 15.8. The van der Waals surface area contributed by atoms with Crippen LogP contribution in [-0.2, 0) is 20.8 Å². The van der Waals surface area contributed by atoms with Crippen molar-refractivity contribution in [2.75, 3.05) is 13.2 Å². The first-order valence-electron chi connectivity index (χ1n) is 9.45. The molecule has 1 amide bonds. The van der Waals surface area contributed by atoms with Gasteiger partial charge in [-0.2, -0.15) is 0 Å². The van der Waals surface area contributed by atoms with E-state index in [9.17, 15) is 4.79 Å². The highest BCUT2D eigenvalue weighted by Crippen LogP contribution is 2.32. The first-order valence-corrected chi connectivity index (χ1v) is 9.45. The number of carbonyl (C=O) groups is 1. The third-order valence-corrected chi connectivity index (χ3v) is 4.79. The molecule has 146 valence electrons. The fourth-order valence-electron chi connectivity index (χ4n) is 3.38. The summed E-state index contributed by atoms with van der Waals surface area (Å²) >= 11 is 0. The van der Waals surface area contributed by atoms with Crippen molar-refractivity contribution >= 4 is 16.9 Å². The Bertz CT molecular complexity index is 768. The minimum Gasteiger partial charge on any atom is -0.459 e. The van der Waals surface area contributed by atoms with Gasteiger partial charge in [0.25, 0.3) is 5.91 Å². The average Bonchev–Trinajstić information content (AvgIpc) is 3.08. The van der Waals surface area contributed by atoms with Gasteiger partial charge in [-0.25, -0.2) is 4.98 Å². The van der Waals surface area contributed by atoms with Crippen LogP contribution in [0.1, 0.15) is 32.5 Å². The number of amides is 1. The van der Waals surface area contributed by atoms with Crippen molar-refractivity contribution in [3.63, 3.8) is 0 Å². The van der Waals surface area contributed by atoms with Gasteiger partial charge >= 0.3 is 0 Å². The first-order chi connectivity index (χ1) is 13.1. The molecule has 3 rings (SSSR count). The number of aromatic nitrogens is 2. The minimum absolute atomic E-state index is 0.115. The number of benzene rings is 1. The Morgan fingerprint density at radius 1 is 1.41 bits per heavy atom. The Hall–Kier alpha value is -2.38. The number of aliphatic hydroxyl groups is 1. The Morgan fingerprint density at radius 2 is 2.22 bits per heavy atom. The van der Waals surface area contributed by atoms with Crippen LogP contribution >= 0.6 is 0 Å². The summed E-state index contributed by atoms with van der Waals surface area (Å²) in [6.45, 7) is 4.87. The lowest BCUT2D eigenvalue weighted by atomic mass is 9.87.